The Bertz CT molecular complexity index is 771. The summed E-state index contributed by atoms with van der Waals surface area (Å²) in [6.45, 7) is 2.70. The van der Waals surface area contributed by atoms with Crippen molar-refractivity contribution in [3.63, 3.8) is 0 Å². The van der Waals surface area contributed by atoms with Crippen molar-refractivity contribution in [3.05, 3.63) is 53.3 Å². The van der Waals surface area contributed by atoms with E-state index in [1.54, 1.807) is 6.07 Å². The molecule has 1 aliphatic rings. The zero-order chi connectivity index (χ0) is 18.7. The molecule has 26 heavy (non-hydrogen) atoms. The Kier molecular flexibility index (Phi) is 5.84. The molecule has 1 aliphatic heterocycles. The van der Waals surface area contributed by atoms with Crippen molar-refractivity contribution in [3.8, 4) is 16.9 Å². The molecular weight excluding hydrogens is 345 g/mol. The van der Waals surface area contributed by atoms with Gasteiger partial charge in [-0.05, 0) is 43.0 Å². The molecule has 2 unspecified atom stereocenters. The van der Waals surface area contributed by atoms with Crippen LogP contribution in [0.25, 0.3) is 11.1 Å². The highest BCUT2D eigenvalue weighted by Crippen LogP contribution is 2.35. The maximum Gasteiger partial charge on any atom is 0.166 e. The van der Waals surface area contributed by atoms with E-state index >= 15 is 0 Å². The van der Waals surface area contributed by atoms with Gasteiger partial charge in [0, 0.05) is 18.1 Å². The van der Waals surface area contributed by atoms with E-state index in [2.05, 4.69) is 0 Å². The minimum atomic E-state index is -0.987. The largest absolute Gasteiger partial charge is 0.494 e. The van der Waals surface area contributed by atoms with Crippen molar-refractivity contribution >= 4 is 0 Å². The Balaban J connectivity index is 1.84. The lowest BCUT2D eigenvalue weighted by atomic mass is 9.90. The molecule has 0 saturated carbocycles. The fraction of sp³-hybridized carbons (Fsp3) is 0.400. The first-order valence-electron chi connectivity index (χ1n) is 8.60. The average molecular weight is 366 g/mol. The summed E-state index contributed by atoms with van der Waals surface area (Å²) in [5.74, 6) is -2.71. The predicted octanol–water partition coefficient (Wildman–Crippen LogP) is 5.04. The van der Waals surface area contributed by atoms with Crippen LogP contribution in [0.2, 0.25) is 0 Å². The van der Waals surface area contributed by atoms with E-state index in [0.717, 1.165) is 6.07 Å². The van der Waals surface area contributed by atoms with E-state index in [1.807, 2.05) is 6.92 Å². The third-order valence-electron chi connectivity index (χ3n) is 4.60. The molecule has 0 spiro atoms. The highest BCUT2D eigenvalue weighted by atomic mass is 19.2. The standard InChI is InChI=1S/C20H21F3O3/c1-3-25-18-9-5-13(11-26-18)15-7-6-14(19(22)20(15)23)12-4-8-17(24-2)16(21)10-12/h4,6-8,10,13,18H,3,5,9,11H2,1-2H3. The van der Waals surface area contributed by atoms with Gasteiger partial charge in [-0.3, -0.25) is 0 Å². The number of hydrogen-bond acceptors (Lipinski definition) is 3. The molecule has 2 atom stereocenters. The van der Waals surface area contributed by atoms with Gasteiger partial charge in [-0.15, -0.1) is 0 Å². The summed E-state index contributed by atoms with van der Waals surface area (Å²) in [6.07, 6.45) is 0.994. The molecule has 3 rings (SSSR count). The zero-order valence-electron chi connectivity index (χ0n) is 14.7. The summed E-state index contributed by atoms with van der Waals surface area (Å²) in [4.78, 5) is 0. The number of rotatable bonds is 5. The number of hydrogen-bond donors (Lipinski definition) is 0. The van der Waals surface area contributed by atoms with Gasteiger partial charge >= 0.3 is 0 Å². The van der Waals surface area contributed by atoms with Crippen LogP contribution in [-0.4, -0.2) is 26.6 Å². The monoisotopic (exact) mass is 366 g/mol. The molecule has 0 aromatic heterocycles. The van der Waals surface area contributed by atoms with Crippen molar-refractivity contribution in [1.82, 2.24) is 0 Å². The molecular formula is C20H21F3O3. The molecule has 1 saturated heterocycles. The Morgan fingerprint density at radius 3 is 2.50 bits per heavy atom. The lowest BCUT2D eigenvalue weighted by Gasteiger charge is -2.29. The minimum absolute atomic E-state index is 0.0109. The van der Waals surface area contributed by atoms with E-state index < -0.39 is 17.5 Å². The van der Waals surface area contributed by atoms with Crippen LogP contribution in [-0.2, 0) is 9.47 Å². The smallest absolute Gasteiger partial charge is 0.166 e. The van der Waals surface area contributed by atoms with E-state index in [4.69, 9.17) is 14.2 Å². The van der Waals surface area contributed by atoms with E-state index in [9.17, 15) is 13.2 Å². The Morgan fingerprint density at radius 1 is 1.08 bits per heavy atom. The SMILES string of the molecule is CCOC1CCC(c2ccc(-c3ccc(OC)c(F)c3)c(F)c2F)CO1. The second-order valence-electron chi connectivity index (χ2n) is 6.17. The molecule has 2 aromatic carbocycles. The fourth-order valence-corrected chi connectivity index (χ4v) is 3.23. The first kappa shape index (κ1) is 18.7. The lowest BCUT2D eigenvalue weighted by Crippen LogP contribution is -2.27. The molecule has 1 fully saturated rings. The highest BCUT2D eigenvalue weighted by Gasteiger charge is 2.27. The normalized spacial score (nSPS) is 20.2. The van der Waals surface area contributed by atoms with E-state index in [-0.39, 0.29) is 41.3 Å². The average Bonchev–Trinajstić information content (AvgIpc) is 2.65. The lowest BCUT2D eigenvalue weighted by molar-refractivity contribution is -0.164. The van der Waals surface area contributed by atoms with Gasteiger partial charge < -0.3 is 14.2 Å². The third kappa shape index (κ3) is 3.71. The minimum Gasteiger partial charge on any atom is -0.494 e. The van der Waals surface area contributed by atoms with Gasteiger partial charge in [-0.1, -0.05) is 18.2 Å². The number of methoxy groups -OCH3 is 1. The first-order chi connectivity index (χ1) is 12.5. The maximum atomic E-state index is 14.6. The Hall–Kier alpha value is -2.05. The van der Waals surface area contributed by atoms with Crippen molar-refractivity contribution < 1.29 is 27.4 Å². The number of halogens is 3. The zero-order valence-corrected chi connectivity index (χ0v) is 14.7. The maximum absolute atomic E-state index is 14.6. The summed E-state index contributed by atoms with van der Waals surface area (Å²) in [5.41, 5.74) is 0.537. The first-order valence-corrected chi connectivity index (χ1v) is 8.60. The second kappa shape index (κ2) is 8.10. The van der Waals surface area contributed by atoms with Crippen LogP contribution >= 0.6 is 0 Å². The van der Waals surface area contributed by atoms with Gasteiger partial charge in [0.05, 0.1) is 13.7 Å². The molecule has 3 nitrogen and oxygen atoms in total. The molecule has 6 heteroatoms. The van der Waals surface area contributed by atoms with Crippen LogP contribution in [0.1, 0.15) is 31.2 Å². The molecule has 0 amide bonds. The third-order valence-corrected chi connectivity index (χ3v) is 4.60. The van der Waals surface area contributed by atoms with Crippen LogP contribution in [0.15, 0.2) is 30.3 Å². The molecule has 0 N–H and O–H groups in total. The van der Waals surface area contributed by atoms with Crippen molar-refractivity contribution in [1.29, 1.82) is 0 Å². The summed E-state index contributed by atoms with van der Waals surface area (Å²) in [5, 5.41) is 0. The summed E-state index contributed by atoms with van der Waals surface area (Å²) >= 11 is 0. The number of ether oxygens (including phenoxy) is 3. The van der Waals surface area contributed by atoms with Crippen LogP contribution in [0.5, 0.6) is 5.75 Å². The number of benzene rings is 2. The van der Waals surface area contributed by atoms with Gasteiger partial charge in [-0.2, -0.15) is 0 Å². The van der Waals surface area contributed by atoms with Crippen LogP contribution in [0, 0.1) is 17.5 Å². The molecule has 1 heterocycles. The van der Waals surface area contributed by atoms with Gasteiger partial charge in [0.25, 0.3) is 0 Å². The summed E-state index contributed by atoms with van der Waals surface area (Å²) in [6, 6.07) is 7.04. The molecule has 0 radical (unpaired) electrons. The quantitative estimate of drug-likeness (QED) is 0.742. The fourth-order valence-electron chi connectivity index (χ4n) is 3.23. The molecule has 0 aliphatic carbocycles. The summed E-state index contributed by atoms with van der Waals surface area (Å²) < 4.78 is 58.9. The molecule has 0 bridgehead atoms. The Labute approximate surface area is 150 Å². The molecule has 140 valence electrons. The van der Waals surface area contributed by atoms with Crippen molar-refractivity contribution in [2.75, 3.05) is 20.3 Å². The van der Waals surface area contributed by atoms with Crippen molar-refractivity contribution in [2.24, 2.45) is 0 Å². The van der Waals surface area contributed by atoms with Crippen molar-refractivity contribution in [2.45, 2.75) is 32.0 Å². The Morgan fingerprint density at radius 2 is 1.88 bits per heavy atom. The summed E-state index contributed by atoms with van der Waals surface area (Å²) in [7, 11) is 1.34. The van der Waals surface area contributed by atoms with E-state index in [0.29, 0.717) is 19.4 Å². The van der Waals surface area contributed by atoms with Crippen LogP contribution in [0.4, 0.5) is 13.2 Å². The molecule has 2 aromatic rings. The van der Waals surface area contributed by atoms with Crippen LogP contribution < -0.4 is 4.74 Å². The highest BCUT2D eigenvalue weighted by molar-refractivity contribution is 5.66. The van der Waals surface area contributed by atoms with Gasteiger partial charge in [-0.25, -0.2) is 13.2 Å². The van der Waals surface area contributed by atoms with E-state index in [1.165, 1.54) is 25.3 Å². The van der Waals surface area contributed by atoms with Gasteiger partial charge in [0.1, 0.15) is 0 Å². The second-order valence-corrected chi connectivity index (χ2v) is 6.17. The topological polar surface area (TPSA) is 27.7 Å². The van der Waals surface area contributed by atoms with Crippen LogP contribution in [0.3, 0.4) is 0 Å². The van der Waals surface area contributed by atoms with Gasteiger partial charge in [0.15, 0.2) is 29.5 Å². The van der Waals surface area contributed by atoms with Gasteiger partial charge in [0.2, 0.25) is 0 Å². The predicted molar refractivity (Wildman–Crippen MR) is 91.6 cm³/mol.